The van der Waals surface area contributed by atoms with Crippen LogP contribution in [0, 0.1) is 0 Å². The Morgan fingerprint density at radius 1 is 1.12 bits per heavy atom. The summed E-state index contributed by atoms with van der Waals surface area (Å²) in [6, 6.07) is 13.8. The summed E-state index contributed by atoms with van der Waals surface area (Å²) in [5.41, 5.74) is 1.69. The predicted molar refractivity (Wildman–Crippen MR) is 67.7 cm³/mol. The van der Waals surface area contributed by atoms with Gasteiger partial charge in [0, 0.05) is 12.0 Å². The molecule has 0 N–H and O–H groups in total. The standard InChI is InChI=1S/C15H14O/c1-11(2)10-15(16)14-9-5-7-12-6-3-4-8-13(12)14/h3-9H,1,10H2,2H3. The molecule has 0 radical (unpaired) electrons. The van der Waals surface area contributed by atoms with Gasteiger partial charge >= 0.3 is 0 Å². The highest BCUT2D eigenvalue weighted by atomic mass is 16.1. The van der Waals surface area contributed by atoms with Crippen LogP contribution in [0.3, 0.4) is 0 Å². The molecule has 0 spiro atoms. The summed E-state index contributed by atoms with van der Waals surface area (Å²) in [7, 11) is 0. The van der Waals surface area contributed by atoms with Crippen molar-refractivity contribution in [3.63, 3.8) is 0 Å². The molecule has 2 rings (SSSR count). The highest BCUT2D eigenvalue weighted by Crippen LogP contribution is 2.20. The number of ketones is 1. The van der Waals surface area contributed by atoms with E-state index < -0.39 is 0 Å². The Labute approximate surface area is 95.4 Å². The van der Waals surface area contributed by atoms with E-state index >= 15 is 0 Å². The third-order valence-corrected chi connectivity index (χ3v) is 2.55. The lowest BCUT2D eigenvalue weighted by atomic mass is 9.98. The normalized spacial score (nSPS) is 10.3. The fourth-order valence-electron chi connectivity index (χ4n) is 1.84. The highest BCUT2D eigenvalue weighted by molar-refractivity contribution is 6.08. The Hall–Kier alpha value is -1.89. The number of Topliss-reactive ketones (excluding diaryl/α,β-unsaturated/α-hetero) is 1. The van der Waals surface area contributed by atoms with E-state index in [4.69, 9.17) is 0 Å². The third-order valence-electron chi connectivity index (χ3n) is 2.55. The molecule has 0 fully saturated rings. The molecule has 0 heterocycles. The van der Waals surface area contributed by atoms with Crippen LogP contribution in [0.15, 0.2) is 54.6 Å². The van der Waals surface area contributed by atoms with Gasteiger partial charge in [0.25, 0.3) is 0 Å². The van der Waals surface area contributed by atoms with Crippen molar-refractivity contribution in [3.8, 4) is 0 Å². The van der Waals surface area contributed by atoms with Crippen LogP contribution in [-0.4, -0.2) is 5.78 Å². The Balaban J connectivity index is 2.52. The number of benzene rings is 2. The fourth-order valence-corrected chi connectivity index (χ4v) is 1.84. The van der Waals surface area contributed by atoms with Gasteiger partial charge in [-0.25, -0.2) is 0 Å². The van der Waals surface area contributed by atoms with Gasteiger partial charge in [0.2, 0.25) is 0 Å². The molecule has 0 aromatic heterocycles. The van der Waals surface area contributed by atoms with Gasteiger partial charge in [0.15, 0.2) is 5.78 Å². The summed E-state index contributed by atoms with van der Waals surface area (Å²) in [6.45, 7) is 5.66. The van der Waals surface area contributed by atoms with Crippen molar-refractivity contribution in [1.29, 1.82) is 0 Å². The number of rotatable bonds is 3. The van der Waals surface area contributed by atoms with Crippen molar-refractivity contribution in [2.75, 3.05) is 0 Å². The minimum atomic E-state index is 0.143. The molecular formula is C15H14O. The first kappa shape index (κ1) is 10.6. The topological polar surface area (TPSA) is 17.1 Å². The lowest BCUT2D eigenvalue weighted by molar-refractivity contribution is 0.0995. The average Bonchev–Trinajstić information content (AvgIpc) is 2.27. The second kappa shape index (κ2) is 4.31. The zero-order chi connectivity index (χ0) is 11.5. The Morgan fingerprint density at radius 2 is 1.81 bits per heavy atom. The van der Waals surface area contributed by atoms with Gasteiger partial charge in [0.05, 0.1) is 0 Å². The van der Waals surface area contributed by atoms with Gasteiger partial charge in [0.1, 0.15) is 0 Å². The molecule has 2 aromatic carbocycles. The Morgan fingerprint density at radius 3 is 2.56 bits per heavy atom. The Bertz CT molecular complexity index is 547. The van der Waals surface area contributed by atoms with Crippen molar-refractivity contribution < 1.29 is 4.79 Å². The summed E-state index contributed by atoms with van der Waals surface area (Å²) in [5, 5.41) is 2.13. The molecule has 0 aliphatic heterocycles. The number of allylic oxidation sites excluding steroid dienone is 1. The van der Waals surface area contributed by atoms with Crippen molar-refractivity contribution in [1.82, 2.24) is 0 Å². The largest absolute Gasteiger partial charge is 0.294 e. The van der Waals surface area contributed by atoms with Crippen molar-refractivity contribution in [2.45, 2.75) is 13.3 Å². The van der Waals surface area contributed by atoms with E-state index in [0.29, 0.717) is 6.42 Å². The maximum atomic E-state index is 12.0. The van der Waals surface area contributed by atoms with Crippen molar-refractivity contribution in [3.05, 3.63) is 60.2 Å². The van der Waals surface area contributed by atoms with E-state index in [0.717, 1.165) is 21.9 Å². The lowest BCUT2D eigenvalue weighted by Gasteiger charge is -2.05. The van der Waals surface area contributed by atoms with Crippen LogP contribution in [0.4, 0.5) is 0 Å². The molecule has 0 amide bonds. The zero-order valence-electron chi connectivity index (χ0n) is 9.36. The van der Waals surface area contributed by atoms with Gasteiger partial charge in [-0.05, 0) is 17.7 Å². The van der Waals surface area contributed by atoms with Crippen LogP contribution in [0.5, 0.6) is 0 Å². The number of hydrogen-bond donors (Lipinski definition) is 0. The smallest absolute Gasteiger partial charge is 0.167 e. The van der Waals surface area contributed by atoms with E-state index in [1.54, 1.807) is 0 Å². The summed E-state index contributed by atoms with van der Waals surface area (Å²) in [5.74, 6) is 0.143. The summed E-state index contributed by atoms with van der Waals surface area (Å²) >= 11 is 0. The minimum Gasteiger partial charge on any atom is -0.294 e. The molecule has 0 saturated heterocycles. The number of fused-ring (bicyclic) bond motifs is 1. The monoisotopic (exact) mass is 210 g/mol. The van der Waals surface area contributed by atoms with E-state index in [2.05, 4.69) is 6.58 Å². The van der Waals surface area contributed by atoms with Crippen LogP contribution in [0.2, 0.25) is 0 Å². The van der Waals surface area contributed by atoms with Crippen LogP contribution < -0.4 is 0 Å². The molecular weight excluding hydrogens is 196 g/mol. The SMILES string of the molecule is C=C(C)CC(=O)c1cccc2ccccc12. The maximum Gasteiger partial charge on any atom is 0.167 e. The van der Waals surface area contributed by atoms with Crippen LogP contribution in [-0.2, 0) is 0 Å². The van der Waals surface area contributed by atoms with Gasteiger partial charge in [-0.2, -0.15) is 0 Å². The summed E-state index contributed by atoms with van der Waals surface area (Å²) < 4.78 is 0. The maximum absolute atomic E-state index is 12.0. The van der Waals surface area contributed by atoms with Crippen LogP contribution >= 0.6 is 0 Å². The van der Waals surface area contributed by atoms with Crippen LogP contribution in [0.1, 0.15) is 23.7 Å². The molecule has 1 heteroatoms. The van der Waals surface area contributed by atoms with Gasteiger partial charge in [-0.15, -0.1) is 0 Å². The summed E-state index contributed by atoms with van der Waals surface area (Å²) in [4.78, 5) is 12.0. The second-order valence-corrected chi connectivity index (χ2v) is 4.08. The molecule has 0 saturated carbocycles. The minimum absolute atomic E-state index is 0.143. The first-order chi connectivity index (χ1) is 7.68. The fraction of sp³-hybridized carbons (Fsp3) is 0.133. The number of hydrogen-bond acceptors (Lipinski definition) is 1. The molecule has 2 aromatic rings. The van der Waals surface area contributed by atoms with Gasteiger partial charge in [-0.1, -0.05) is 54.6 Å². The quantitative estimate of drug-likeness (QED) is 0.553. The third kappa shape index (κ3) is 2.03. The molecule has 0 bridgehead atoms. The zero-order valence-corrected chi connectivity index (χ0v) is 9.36. The van der Waals surface area contributed by atoms with E-state index in [9.17, 15) is 4.79 Å². The van der Waals surface area contributed by atoms with E-state index in [-0.39, 0.29) is 5.78 Å². The number of carbonyl (C=O) groups is 1. The molecule has 0 unspecified atom stereocenters. The predicted octanol–water partition coefficient (Wildman–Crippen LogP) is 3.99. The van der Waals surface area contributed by atoms with Crippen molar-refractivity contribution >= 4 is 16.6 Å². The van der Waals surface area contributed by atoms with Gasteiger partial charge < -0.3 is 0 Å². The van der Waals surface area contributed by atoms with E-state index in [1.807, 2.05) is 49.4 Å². The molecule has 80 valence electrons. The first-order valence-electron chi connectivity index (χ1n) is 5.34. The molecule has 16 heavy (non-hydrogen) atoms. The highest BCUT2D eigenvalue weighted by Gasteiger charge is 2.09. The van der Waals surface area contributed by atoms with Crippen LogP contribution in [0.25, 0.3) is 10.8 Å². The first-order valence-corrected chi connectivity index (χ1v) is 5.34. The molecule has 0 aliphatic rings. The average molecular weight is 210 g/mol. The summed E-state index contributed by atoms with van der Waals surface area (Å²) in [6.07, 6.45) is 0.425. The Kier molecular flexibility index (Phi) is 2.86. The van der Waals surface area contributed by atoms with Gasteiger partial charge in [-0.3, -0.25) is 4.79 Å². The van der Waals surface area contributed by atoms with Crippen molar-refractivity contribution in [2.24, 2.45) is 0 Å². The molecule has 0 aliphatic carbocycles. The molecule has 0 atom stereocenters. The second-order valence-electron chi connectivity index (χ2n) is 4.08. The lowest BCUT2D eigenvalue weighted by Crippen LogP contribution is -2.00. The van der Waals surface area contributed by atoms with E-state index in [1.165, 1.54) is 0 Å². The molecule has 1 nitrogen and oxygen atoms in total. The number of carbonyl (C=O) groups excluding carboxylic acids is 1.